The number of likely N-dealkylation sites (tertiary alicyclic amines) is 1. The number of aromatic amines is 2. The van der Waals surface area contributed by atoms with Crippen LogP contribution in [0.1, 0.15) is 46.0 Å². The Kier molecular flexibility index (Phi) is 11.3. The number of aromatic nitrogens is 4. The molecule has 11 nitrogen and oxygen atoms in total. The number of ether oxygens (including phenoxy) is 1. The quantitative estimate of drug-likeness (QED) is 0.188. The number of aliphatic carboxylic acids is 1. The molecule has 1 fully saturated rings. The number of halogens is 4. The topological polar surface area (TPSA) is 139 Å². The van der Waals surface area contributed by atoms with Gasteiger partial charge < -0.3 is 29.9 Å². The highest BCUT2D eigenvalue weighted by Crippen LogP contribution is 2.29. The first-order valence-corrected chi connectivity index (χ1v) is 13.5. The number of anilines is 1. The van der Waals surface area contributed by atoms with Gasteiger partial charge in [-0.15, -0.1) is 0 Å². The van der Waals surface area contributed by atoms with E-state index >= 15 is 0 Å². The summed E-state index contributed by atoms with van der Waals surface area (Å²) in [6.07, 6.45) is 2.34. The lowest BCUT2D eigenvalue weighted by Gasteiger charge is -2.26. The van der Waals surface area contributed by atoms with E-state index in [0.717, 1.165) is 19.4 Å². The number of amides is 2. The van der Waals surface area contributed by atoms with Gasteiger partial charge in [0.15, 0.2) is 23.1 Å². The number of hydrogen-bond acceptors (Lipinski definition) is 6. The minimum atomic E-state index is -5.08. The van der Waals surface area contributed by atoms with Crippen LogP contribution in [0, 0.1) is 5.82 Å². The van der Waals surface area contributed by atoms with Crippen LogP contribution in [0.2, 0.25) is 0 Å². The molecule has 3 heterocycles. The summed E-state index contributed by atoms with van der Waals surface area (Å²) in [6, 6.07) is 2.78. The van der Waals surface area contributed by atoms with Crippen LogP contribution in [0.15, 0.2) is 18.3 Å². The first-order chi connectivity index (χ1) is 19.5. The third-order valence-corrected chi connectivity index (χ3v) is 6.51. The monoisotopic (exact) mass is 585 g/mol. The highest BCUT2D eigenvalue weighted by molar-refractivity contribution is 5.93. The van der Waals surface area contributed by atoms with Gasteiger partial charge in [-0.1, -0.05) is 6.42 Å². The second-order valence-corrected chi connectivity index (χ2v) is 9.40. The number of nitrogens with zero attached hydrogens (tertiary/aromatic N) is 4. The van der Waals surface area contributed by atoms with Crippen molar-refractivity contribution in [1.82, 2.24) is 30.0 Å². The molecule has 4 N–H and O–H groups in total. The molecule has 1 aliphatic heterocycles. The molecular formula is C26H35F4N7O4. The number of benzene rings is 1. The smallest absolute Gasteiger partial charge is 0.490 e. The Labute approximate surface area is 234 Å². The number of H-pyrrole nitrogens is 2. The van der Waals surface area contributed by atoms with Gasteiger partial charge in [-0.05, 0) is 59.2 Å². The number of alkyl halides is 3. The minimum absolute atomic E-state index is 0.195. The summed E-state index contributed by atoms with van der Waals surface area (Å²) in [5, 5.41) is 17.0. The van der Waals surface area contributed by atoms with Gasteiger partial charge in [0.1, 0.15) is 0 Å². The second-order valence-electron chi connectivity index (χ2n) is 9.40. The first-order valence-electron chi connectivity index (χ1n) is 13.5. The summed E-state index contributed by atoms with van der Waals surface area (Å²) in [5.41, 5.74) is 2.07. The highest BCUT2D eigenvalue weighted by atomic mass is 19.4. The van der Waals surface area contributed by atoms with Gasteiger partial charge in [0.25, 0.3) is 0 Å². The van der Waals surface area contributed by atoms with Gasteiger partial charge in [0, 0.05) is 31.4 Å². The van der Waals surface area contributed by atoms with Crippen molar-refractivity contribution >= 4 is 28.7 Å². The largest absolute Gasteiger partial charge is 0.490 e. The normalized spacial score (nSPS) is 13.9. The molecule has 2 amide bonds. The Balaban J connectivity index is 0.000000587. The molecule has 1 saturated heterocycles. The number of unbranched alkanes of at least 4 members (excludes halogenated alkanes) is 1. The van der Waals surface area contributed by atoms with Gasteiger partial charge >= 0.3 is 18.2 Å². The summed E-state index contributed by atoms with van der Waals surface area (Å²) in [6.45, 7) is 8.94. The average molecular weight is 586 g/mol. The summed E-state index contributed by atoms with van der Waals surface area (Å²) < 4.78 is 52.1. The summed E-state index contributed by atoms with van der Waals surface area (Å²) in [5.74, 6) is -2.56. The fourth-order valence-corrected chi connectivity index (χ4v) is 4.31. The van der Waals surface area contributed by atoms with E-state index in [-0.39, 0.29) is 11.8 Å². The number of nitrogens with one attached hydrogen (secondary N) is 3. The average Bonchev–Trinajstić information content (AvgIpc) is 3.56. The van der Waals surface area contributed by atoms with E-state index in [1.807, 2.05) is 13.8 Å². The maximum atomic E-state index is 14.6. The van der Waals surface area contributed by atoms with Crippen molar-refractivity contribution in [3.63, 3.8) is 0 Å². The molecule has 0 radical (unpaired) electrons. The number of hydrogen-bond donors (Lipinski definition) is 4. The zero-order chi connectivity index (χ0) is 30.0. The Morgan fingerprint density at radius 3 is 2.46 bits per heavy atom. The van der Waals surface area contributed by atoms with Crippen LogP contribution in [-0.4, -0.2) is 92.6 Å². The van der Waals surface area contributed by atoms with Gasteiger partial charge in [-0.25, -0.2) is 19.0 Å². The van der Waals surface area contributed by atoms with Crippen molar-refractivity contribution in [2.24, 2.45) is 0 Å². The Bertz CT molecular complexity index is 1280. The number of carboxylic acids is 1. The lowest BCUT2D eigenvalue weighted by molar-refractivity contribution is -0.192. The van der Waals surface area contributed by atoms with Gasteiger partial charge in [-0.3, -0.25) is 5.10 Å². The number of rotatable bonds is 10. The fraction of sp³-hybridized carbons (Fsp3) is 0.538. The van der Waals surface area contributed by atoms with E-state index in [9.17, 15) is 22.4 Å². The molecule has 41 heavy (non-hydrogen) atoms. The van der Waals surface area contributed by atoms with Crippen LogP contribution in [0.25, 0.3) is 22.6 Å². The predicted octanol–water partition coefficient (Wildman–Crippen LogP) is 5.24. The van der Waals surface area contributed by atoms with Gasteiger partial charge in [0.05, 0.1) is 23.3 Å². The predicted molar refractivity (Wildman–Crippen MR) is 144 cm³/mol. The second kappa shape index (κ2) is 14.7. The number of fused-ring (bicyclic) bond motifs is 1. The molecule has 0 spiro atoms. The van der Waals surface area contributed by atoms with Crippen molar-refractivity contribution in [1.29, 1.82) is 0 Å². The third-order valence-electron chi connectivity index (χ3n) is 6.51. The van der Waals surface area contributed by atoms with E-state index < -0.39 is 18.0 Å². The van der Waals surface area contributed by atoms with E-state index in [1.165, 1.54) is 38.4 Å². The zero-order valence-corrected chi connectivity index (χ0v) is 23.0. The molecule has 0 unspecified atom stereocenters. The lowest BCUT2D eigenvalue weighted by Crippen LogP contribution is -2.34. The van der Waals surface area contributed by atoms with E-state index in [2.05, 4.69) is 30.4 Å². The molecule has 0 bridgehead atoms. The molecule has 0 aliphatic carbocycles. The summed E-state index contributed by atoms with van der Waals surface area (Å²) in [7, 11) is 0. The standard InChI is InChI=1S/C24H34FN7O2.C2HF3O2/c1-3-32(4-2)24(33)29-20-16-26-30-22(20)23-27-18-14-17(25)21(15-19(18)28-23)34-13-9-8-12-31-10-6-5-7-11-31;3-2(4,5)1(6)7/h14-16H,3-13H2,1-2H3,(H,26,30)(H,27,28)(H,29,33);(H,6,7). The molecule has 0 atom stereocenters. The van der Waals surface area contributed by atoms with Crippen LogP contribution < -0.4 is 10.1 Å². The van der Waals surface area contributed by atoms with E-state index in [0.29, 0.717) is 47.9 Å². The number of carbonyl (C=O) groups excluding carboxylic acids is 1. The van der Waals surface area contributed by atoms with Crippen LogP contribution in [-0.2, 0) is 4.79 Å². The van der Waals surface area contributed by atoms with Crippen molar-refractivity contribution in [3.05, 3.63) is 24.1 Å². The molecule has 1 aromatic carbocycles. The van der Waals surface area contributed by atoms with Crippen LogP contribution in [0.3, 0.4) is 0 Å². The van der Waals surface area contributed by atoms with Crippen LogP contribution in [0.5, 0.6) is 5.75 Å². The molecule has 15 heteroatoms. The molecule has 1 aliphatic rings. The zero-order valence-electron chi connectivity index (χ0n) is 23.0. The molecule has 226 valence electrons. The Morgan fingerprint density at radius 1 is 1.15 bits per heavy atom. The Morgan fingerprint density at radius 2 is 1.83 bits per heavy atom. The summed E-state index contributed by atoms with van der Waals surface area (Å²) in [4.78, 5) is 33.1. The van der Waals surface area contributed by atoms with Crippen LogP contribution >= 0.6 is 0 Å². The van der Waals surface area contributed by atoms with Gasteiger partial charge in [0.2, 0.25) is 0 Å². The number of imidazole rings is 1. The molecule has 4 rings (SSSR count). The SMILES string of the molecule is CCN(CC)C(=O)Nc1c[nH]nc1-c1nc2cc(OCCCCN3CCCCC3)c(F)cc2[nH]1.O=C(O)C(F)(F)F. The van der Waals surface area contributed by atoms with E-state index in [4.69, 9.17) is 14.6 Å². The highest BCUT2D eigenvalue weighted by Gasteiger charge is 2.38. The number of urea groups is 1. The fourth-order valence-electron chi connectivity index (χ4n) is 4.31. The van der Waals surface area contributed by atoms with E-state index in [1.54, 1.807) is 17.2 Å². The van der Waals surface area contributed by atoms with Crippen molar-refractivity contribution in [2.45, 2.75) is 52.1 Å². The lowest BCUT2D eigenvalue weighted by atomic mass is 10.1. The van der Waals surface area contributed by atoms with Crippen molar-refractivity contribution in [2.75, 3.05) is 44.6 Å². The first kappa shape index (κ1) is 31.6. The Hall–Kier alpha value is -3.88. The number of piperidine rings is 1. The molecule has 0 saturated carbocycles. The van der Waals surface area contributed by atoms with Gasteiger partial charge in [-0.2, -0.15) is 18.3 Å². The van der Waals surface area contributed by atoms with Crippen molar-refractivity contribution in [3.8, 4) is 17.3 Å². The maximum Gasteiger partial charge on any atom is 0.490 e. The summed E-state index contributed by atoms with van der Waals surface area (Å²) >= 11 is 0. The molecular weight excluding hydrogens is 550 g/mol. The molecule has 3 aromatic rings. The number of carbonyl (C=O) groups is 2. The maximum absolute atomic E-state index is 14.6. The van der Waals surface area contributed by atoms with Crippen LogP contribution in [0.4, 0.5) is 28.0 Å². The van der Waals surface area contributed by atoms with Crippen molar-refractivity contribution < 1.29 is 37.0 Å². The number of carboxylic acid groups (broad SMARTS) is 1. The third kappa shape index (κ3) is 9.06. The molecule has 2 aromatic heterocycles. The minimum Gasteiger partial charge on any atom is -0.490 e.